The lowest BCUT2D eigenvalue weighted by Crippen LogP contribution is -2.60. The molecule has 6 nitrogen and oxygen atoms in total. The highest BCUT2D eigenvalue weighted by atomic mass is 19.1. The molecule has 146 valence electrons. The van der Waals surface area contributed by atoms with E-state index >= 15 is 0 Å². The monoisotopic (exact) mass is 375 g/mol. The Morgan fingerprint density at radius 1 is 1.33 bits per heavy atom. The molecule has 2 aliphatic rings. The van der Waals surface area contributed by atoms with Gasteiger partial charge in [0.15, 0.2) is 0 Å². The van der Waals surface area contributed by atoms with Gasteiger partial charge in [0.05, 0.1) is 25.3 Å². The lowest BCUT2D eigenvalue weighted by atomic mass is 10.0. The van der Waals surface area contributed by atoms with E-state index in [2.05, 4.69) is 9.74 Å². The van der Waals surface area contributed by atoms with Crippen molar-refractivity contribution in [3.63, 3.8) is 0 Å². The third kappa shape index (κ3) is 4.40. The van der Waals surface area contributed by atoms with Gasteiger partial charge in [-0.3, -0.25) is 4.90 Å². The molecule has 2 heterocycles. The molecule has 1 aromatic rings. The minimum Gasteiger partial charge on any atom is -0.444 e. The van der Waals surface area contributed by atoms with E-state index in [1.54, 1.807) is 11.8 Å². The van der Waals surface area contributed by atoms with Crippen LogP contribution < -0.4 is 0 Å². The van der Waals surface area contributed by atoms with E-state index < -0.39 is 11.4 Å². The van der Waals surface area contributed by atoms with Crippen LogP contribution in [0.1, 0.15) is 38.0 Å². The van der Waals surface area contributed by atoms with Gasteiger partial charge in [-0.15, -0.1) is 0 Å². The van der Waals surface area contributed by atoms with Gasteiger partial charge in [-0.1, -0.05) is 6.07 Å². The van der Waals surface area contributed by atoms with Crippen LogP contribution in [0.25, 0.3) is 4.85 Å². The van der Waals surface area contributed by atoms with Crippen molar-refractivity contribution in [2.75, 3.05) is 32.8 Å². The molecule has 2 saturated heterocycles. The van der Waals surface area contributed by atoms with E-state index in [9.17, 15) is 9.18 Å². The molecule has 0 radical (unpaired) electrons. The Bertz CT molecular complexity index is 746. The Hall–Kier alpha value is -2.17. The van der Waals surface area contributed by atoms with Crippen molar-refractivity contribution >= 4 is 11.8 Å². The lowest BCUT2D eigenvalue weighted by Gasteiger charge is -2.46. The summed E-state index contributed by atoms with van der Waals surface area (Å²) in [6, 6.07) is 3.34. The summed E-state index contributed by atoms with van der Waals surface area (Å²) in [5.74, 6) is -0.500. The Morgan fingerprint density at radius 2 is 2.07 bits per heavy atom. The van der Waals surface area contributed by atoms with Crippen LogP contribution in [-0.4, -0.2) is 60.3 Å². The average Bonchev–Trinajstić information content (AvgIpc) is 2.59. The summed E-state index contributed by atoms with van der Waals surface area (Å²) in [6.45, 7) is 17.4. The van der Waals surface area contributed by atoms with Crippen LogP contribution in [0.5, 0.6) is 0 Å². The number of carbonyl (C=O) groups excluding carboxylic acids is 1. The van der Waals surface area contributed by atoms with Crippen molar-refractivity contribution in [3.05, 3.63) is 40.5 Å². The maximum absolute atomic E-state index is 14.1. The molecular weight excluding hydrogens is 349 g/mol. The zero-order chi connectivity index (χ0) is 19.8. The molecule has 0 saturated carbocycles. The summed E-state index contributed by atoms with van der Waals surface area (Å²) in [4.78, 5) is 19.5. The molecule has 1 amide bonds. The zero-order valence-electron chi connectivity index (χ0n) is 16.3. The summed E-state index contributed by atoms with van der Waals surface area (Å²) in [7, 11) is 0. The standard InChI is InChI=1S/C20H26FN3O3/c1-13-8-14(9-16(21)18(13)22-5)17-11-23-6-7-24(10-15(23)12-26-17)19(25)27-20(2,3)4/h8-9,15,17H,6-7,10-12H2,1-4H3/t15-,17-/m0/s1. The molecule has 3 rings (SSSR count). The number of aryl methyl sites for hydroxylation is 1. The molecule has 0 bridgehead atoms. The number of amides is 1. The maximum atomic E-state index is 14.1. The normalized spacial score (nSPS) is 23.5. The molecule has 2 atom stereocenters. The van der Waals surface area contributed by atoms with Crippen molar-refractivity contribution in [3.8, 4) is 0 Å². The fourth-order valence-electron chi connectivity index (χ4n) is 3.57. The highest BCUT2D eigenvalue weighted by molar-refractivity contribution is 5.68. The van der Waals surface area contributed by atoms with Gasteiger partial charge in [-0.25, -0.2) is 14.0 Å². The molecular formula is C20H26FN3O3. The third-order valence-electron chi connectivity index (χ3n) is 4.91. The predicted molar refractivity (Wildman–Crippen MR) is 99.3 cm³/mol. The lowest BCUT2D eigenvalue weighted by molar-refractivity contribution is -0.0907. The Balaban J connectivity index is 1.65. The number of morpholine rings is 1. The van der Waals surface area contributed by atoms with Crippen LogP contribution in [-0.2, 0) is 9.47 Å². The largest absolute Gasteiger partial charge is 0.444 e. The Morgan fingerprint density at radius 3 is 2.70 bits per heavy atom. The van der Waals surface area contributed by atoms with E-state index in [1.807, 2.05) is 26.8 Å². The van der Waals surface area contributed by atoms with Crippen molar-refractivity contribution < 1.29 is 18.7 Å². The summed E-state index contributed by atoms with van der Waals surface area (Å²) in [6.07, 6.45) is -0.529. The SMILES string of the molecule is [C-]#[N+]c1c(C)cc([C@@H]2CN3CCN(C(=O)OC(C)(C)C)C[C@H]3CO2)cc1F. The molecule has 2 fully saturated rings. The molecule has 2 aliphatic heterocycles. The van der Waals surface area contributed by atoms with Crippen molar-refractivity contribution in [1.29, 1.82) is 0 Å². The number of hydrogen-bond acceptors (Lipinski definition) is 4. The predicted octanol–water partition coefficient (Wildman–Crippen LogP) is 3.68. The number of fused-ring (bicyclic) bond motifs is 1. The van der Waals surface area contributed by atoms with Crippen LogP contribution in [0, 0.1) is 19.3 Å². The number of benzene rings is 1. The Labute approximate surface area is 159 Å². The second-order valence-electron chi connectivity index (χ2n) is 8.18. The maximum Gasteiger partial charge on any atom is 0.410 e. The van der Waals surface area contributed by atoms with E-state index in [-0.39, 0.29) is 23.9 Å². The number of ether oxygens (including phenoxy) is 2. The van der Waals surface area contributed by atoms with E-state index in [1.165, 1.54) is 6.07 Å². The molecule has 0 unspecified atom stereocenters. The Kier molecular flexibility index (Phi) is 5.41. The van der Waals surface area contributed by atoms with Gasteiger partial charge in [0.25, 0.3) is 0 Å². The van der Waals surface area contributed by atoms with Gasteiger partial charge in [0.1, 0.15) is 11.4 Å². The summed E-state index contributed by atoms with van der Waals surface area (Å²) >= 11 is 0. The third-order valence-corrected chi connectivity index (χ3v) is 4.91. The van der Waals surface area contributed by atoms with Crippen molar-refractivity contribution in [1.82, 2.24) is 9.80 Å². The molecule has 0 N–H and O–H groups in total. The number of rotatable bonds is 1. The van der Waals surface area contributed by atoms with Gasteiger partial charge in [-0.05, 0) is 44.9 Å². The van der Waals surface area contributed by atoms with Gasteiger partial charge in [-0.2, -0.15) is 0 Å². The van der Waals surface area contributed by atoms with E-state index in [0.29, 0.717) is 31.8 Å². The van der Waals surface area contributed by atoms with Crippen molar-refractivity contribution in [2.24, 2.45) is 0 Å². The van der Waals surface area contributed by atoms with Gasteiger partial charge in [0.2, 0.25) is 5.69 Å². The fraction of sp³-hybridized carbons (Fsp3) is 0.600. The van der Waals surface area contributed by atoms with Crippen LogP contribution in [0.3, 0.4) is 0 Å². The van der Waals surface area contributed by atoms with Crippen LogP contribution >= 0.6 is 0 Å². The second kappa shape index (κ2) is 7.45. The quantitative estimate of drug-likeness (QED) is 0.703. The van der Waals surface area contributed by atoms with Gasteiger partial charge in [0, 0.05) is 26.2 Å². The van der Waals surface area contributed by atoms with E-state index in [4.69, 9.17) is 16.0 Å². The zero-order valence-corrected chi connectivity index (χ0v) is 16.3. The minimum absolute atomic E-state index is 0.0680. The van der Waals surface area contributed by atoms with Crippen LogP contribution in [0.4, 0.5) is 14.9 Å². The first-order valence-corrected chi connectivity index (χ1v) is 9.19. The number of hydrogen-bond donors (Lipinski definition) is 0. The van der Waals surface area contributed by atoms with Gasteiger partial charge >= 0.3 is 6.09 Å². The summed E-state index contributed by atoms with van der Waals surface area (Å²) in [5.41, 5.74) is 0.936. The van der Waals surface area contributed by atoms with Crippen LogP contribution in [0.15, 0.2) is 12.1 Å². The van der Waals surface area contributed by atoms with E-state index in [0.717, 1.165) is 12.1 Å². The minimum atomic E-state index is -0.512. The number of halogens is 1. The number of piperazine rings is 1. The highest BCUT2D eigenvalue weighted by Gasteiger charge is 2.37. The topological polar surface area (TPSA) is 46.4 Å². The molecule has 0 aromatic heterocycles. The average molecular weight is 375 g/mol. The molecule has 1 aromatic carbocycles. The van der Waals surface area contributed by atoms with Crippen molar-refractivity contribution in [2.45, 2.75) is 45.4 Å². The smallest absolute Gasteiger partial charge is 0.410 e. The first-order chi connectivity index (χ1) is 12.7. The first kappa shape index (κ1) is 19.6. The molecule has 0 spiro atoms. The number of carbonyl (C=O) groups is 1. The summed E-state index contributed by atoms with van der Waals surface area (Å²) < 4.78 is 25.6. The van der Waals surface area contributed by atoms with Gasteiger partial charge < -0.3 is 14.4 Å². The molecule has 7 heteroatoms. The first-order valence-electron chi connectivity index (χ1n) is 9.19. The second-order valence-corrected chi connectivity index (χ2v) is 8.18. The molecule has 0 aliphatic carbocycles. The number of nitrogens with zero attached hydrogens (tertiary/aromatic N) is 3. The fourth-order valence-corrected chi connectivity index (χ4v) is 3.57. The van der Waals surface area contributed by atoms with Crippen LogP contribution in [0.2, 0.25) is 0 Å². The summed E-state index contributed by atoms with van der Waals surface area (Å²) in [5, 5.41) is 0. The highest BCUT2D eigenvalue weighted by Crippen LogP contribution is 2.32. The molecule has 27 heavy (non-hydrogen) atoms.